The van der Waals surface area contributed by atoms with Crippen LogP contribution in [0.15, 0.2) is 54.6 Å². The number of amides is 1. The maximum Gasteiger partial charge on any atom is 0.295 e. The van der Waals surface area contributed by atoms with Gasteiger partial charge in [-0.05, 0) is 17.7 Å². The van der Waals surface area contributed by atoms with Crippen LogP contribution in [0.4, 0.5) is 0 Å². The highest BCUT2D eigenvalue weighted by Gasteiger charge is 2.23. The van der Waals surface area contributed by atoms with Crippen molar-refractivity contribution in [2.24, 2.45) is 0 Å². The first kappa shape index (κ1) is 17.7. The van der Waals surface area contributed by atoms with Crippen molar-refractivity contribution >= 4 is 5.91 Å². The summed E-state index contributed by atoms with van der Waals surface area (Å²) in [5.41, 5.74) is 4.01. The Labute approximate surface area is 152 Å². The van der Waals surface area contributed by atoms with Gasteiger partial charge in [0.15, 0.2) is 0 Å². The van der Waals surface area contributed by atoms with Gasteiger partial charge in [0.2, 0.25) is 0 Å². The van der Waals surface area contributed by atoms with Crippen LogP contribution >= 0.6 is 0 Å². The Balaban J connectivity index is 2.03. The highest BCUT2D eigenvalue weighted by atomic mass is 16.7. The SMILES string of the molecule is COc1ccc(Cc2c(-c3ccccc3)n[nH]c2C(=O)N(C)OC)cc1. The number of carbonyl (C=O) groups is 1. The van der Waals surface area contributed by atoms with Gasteiger partial charge in [-0.2, -0.15) is 5.10 Å². The summed E-state index contributed by atoms with van der Waals surface area (Å²) in [6, 6.07) is 17.6. The van der Waals surface area contributed by atoms with Crippen LogP contribution in [-0.4, -0.2) is 42.4 Å². The number of aromatic nitrogens is 2. The second-order valence-corrected chi connectivity index (χ2v) is 5.80. The molecule has 0 saturated heterocycles. The molecule has 6 nitrogen and oxygen atoms in total. The standard InChI is InChI=1S/C20H21N3O3/c1-23(26-3)20(24)19-17(13-14-9-11-16(25-2)12-10-14)18(21-22-19)15-7-5-4-6-8-15/h4-12H,13H2,1-3H3,(H,21,22). The number of rotatable bonds is 6. The number of carbonyl (C=O) groups excluding carboxylic acids is 1. The van der Waals surface area contributed by atoms with Crippen LogP contribution in [0.5, 0.6) is 5.75 Å². The van der Waals surface area contributed by atoms with E-state index >= 15 is 0 Å². The van der Waals surface area contributed by atoms with Gasteiger partial charge in [0.25, 0.3) is 5.91 Å². The normalized spacial score (nSPS) is 10.6. The molecule has 0 aliphatic carbocycles. The number of nitrogens with zero attached hydrogens (tertiary/aromatic N) is 2. The molecule has 0 spiro atoms. The monoisotopic (exact) mass is 351 g/mol. The number of benzene rings is 2. The Morgan fingerprint density at radius 3 is 2.38 bits per heavy atom. The second-order valence-electron chi connectivity index (χ2n) is 5.80. The maximum absolute atomic E-state index is 12.6. The molecule has 0 saturated carbocycles. The lowest BCUT2D eigenvalue weighted by molar-refractivity contribution is -0.0761. The number of hydrogen-bond acceptors (Lipinski definition) is 4. The highest BCUT2D eigenvalue weighted by Crippen LogP contribution is 2.27. The molecule has 1 aromatic heterocycles. The van der Waals surface area contributed by atoms with E-state index in [9.17, 15) is 4.79 Å². The molecule has 26 heavy (non-hydrogen) atoms. The minimum Gasteiger partial charge on any atom is -0.497 e. The van der Waals surface area contributed by atoms with Crippen LogP contribution in [0.2, 0.25) is 0 Å². The zero-order valence-corrected chi connectivity index (χ0v) is 15.0. The molecule has 1 amide bonds. The predicted octanol–water partition coefficient (Wildman–Crippen LogP) is 3.31. The van der Waals surface area contributed by atoms with Crippen LogP contribution in [-0.2, 0) is 11.3 Å². The summed E-state index contributed by atoms with van der Waals surface area (Å²) in [6.07, 6.45) is 0.559. The average Bonchev–Trinajstić information content (AvgIpc) is 3.11. The Kier molecular flexibility index (Phi) is 5.34. The molecule has 0 radical (unpaired) electrons. The predicted molar refractivity (Wildman–Crippen MR) is 98.9 cm³/mol. The van der Waals surface area contributed by atoms with Crippen LogP contribution in [0.1, 0.15) is 21.6 Å². The number of H-pyrrole nitrogens is 1. The third-order valence-corrected chi connectivity index (χ3v) is 4.23. The Morgan fingerprint density at radius 2 is 1.77 bits per heavy atom. The Bertz CT molecular complexity index is 873. The van der Waals surface area contributed by atoms with Crippen molar-refractivity contribution in [3.05, 3.63) is 71.4 Å². The zero-order chi connectivity index (χ0) is 18.5. The highest BCUT2D eigenvalue weighted by molar-refractivity contribution is 5.94. The summed E-state index contributed by atoms with van der Waals surface area (Å²) >= 11 is 0. The van der Waals surface area contributed by atoms with E-state index in [1.807, 2.05) is 54.6 Å². The Hall–Kier alpha value is -3.12. The molecule has 6 heteroatoms. The van der Waals surface area contributed by atoms with Gasteiger partial charge in [-0.3, -0.25) is 14.7 Å². The van der Waals surface area contributed by atoms with Gasteiger partial charge in [-0.15, -0.1) is 0 Å². The molecule has 2 aromatic carbocycles. The van der Waals surface area contributed by atoms with Crippen molar-refractivity contribution in [2.75, 3.05) is 21.3 Å². The third kappa shape index (κ3) is 3.60. The summed E-state index contributed by atoms with van der Waals surface area (Å²) in [5, 5.41) is 8.47. The summed E-state index contributed by atoms with van der Waals surface area (Å²) in [5.74, 6) is 0.519. The smallest absolute Gasteiger partial charge is 0.295 e. The summed E-state index contributed by atoms with van der Waals surface area (Å²) in [6.45, 7) is 0. The molecule has 3 rings (SSSR count). The minimum atomic E-state index is -0.273. The molecule has 3 aromatic rings. The van der Waals surface area contributed by atoms with Crippen LogP contribution in [0.25, 0.3) is 11.3 Å². The van der Waals surface area contributed by atoms with Gasteiger partial charge in [-0.1, -0.05) is 42.5 Å². The molecule has 1 N–H and O–H groups in total. The van der Waals surface area contributed by atoms with Gasteiger partial charge in [0, 0.05) is 24.6 Å². The third-order valence-electron chi connectivity index (χ3n) is 4.23. The van der Waals surface area contributed by atoms with Crippen molar-refractivity contribution < 1.29 is 14.4 Å². The van der Waals surface area contributed by atoms with E-state index in [1.54, 1.807) is 14.2 Å². The molecular weight excluding hydrogens is 330 g/mol. The zero-order valence-electron chi connectivity index (χ0n) is 15.0. The minimum absolute atomic E-state index is 0.273. The summed E-state index contributed by atoms with van der Waals surface area (Å²) in [7, 11) is 4.66. The lowest BCUT2D eigenvalue weighted by Gasteiger charge is -2.14. The fourth-order valence-corrected chi connectivity index (χ4v) is 2.74. The number of methoxy groups -OCH3 is 1. The fraction of sp³-hybridized carbons (Fsp3) is 0.200. The lowest BCUT2D eigenvalue weighted by atomic mass is 9.98. The van der Waals surface area contributed by atoms with Crippen LogP contribution in [0.3, 0.4) is 0 Å². The number of hydroxylamine groups is 2. The second kappa shape index (κ2) is 7.84. The number of ether oxygens (including phenoxy) is 1. The first-order valence-corrected chi connectivity index (χ1v) is 8.21. The first-order chi connectivity index (χ1) is 12.6. The molecule has 0 fully saturated rings. The maximum atomic E-state index is 12.6. The van der Waals surface area contributed by atoms with Crippen molar-refractivity contribution in [1.29, 1.82) is 0 Å². The molecule has 134 valence electrons. The van der Waals surface area contributed by atoms with Crippen LogP contribution in [0, 0.1) is 0 Å². The van der Waals surface area contributed by atoms with E-state index in [0.29, 0.717) is 12.1 Å². The van der Waals surface area contributed by atoms with Gasteiger partial charge in [0.1, 0.15) is 11.4 Å². The lowest BCUT2D eigenvalue weighted by Crippen LogP contribution is -2.26. The van der Waals surface area contributed by atoms with Crippen molar-refractivity contribution in [3.63, 3.8) is 0 Å². The number of aromatic amines is 1. The van der Waals surface area contributed by atoms with E-state index < -0.39 is 0 Å². The van der Waals surface area contributed by atoms with E-state index in [-0.39, 0.29) is 5.91 Å². The van der Waals surface area contributed by atoms with Crippen molar-refractivity contribution in [3.8, 4) is 17.0 Å². The largest absolute Gasteiger partial charge is 0.497 e. The molecule has 0 bridgehead atoms. The molecule has 0 atom stereocenters. The number of hydrogen-bond donors (Lipinski definition) is 1. The van der Waals surface area contributed by atoms with E-state index in [1.165, 1.54) is 12.2 Å². The molecule has 0 aliphatic rings. The average molecular weight is 351 g/mol. The Morgan fingerprint density at radius 1 is 1.08 bits per heavy atom. The molecule has 0 aliphatic heterocycles. The van der Waals surface area contributed by atoms with E-state index in [0.717, 1.165) is 28.1 Å². The first-order valence-electron chi connectivity index (χ1n) is 8.21. The molecule has 1 heterocycles. The van der Waals surface area contributed by atoms with Crippen molar-refractivity contribution in [2.45, 2.75) is 6.42 Å². The summed E-state index contributed by atoms with van der Waals surface area (Å²) in [4.78, 5) is 17.7. The molecule has 0 unspecified atom stereocenters. The van der Waals surface area contributed by atoms with Gasteiger partial charge < -0.3 is 4.74 Å². The summed E-state index contributed by atoms with van der Waals surface area (Å²) < 4.78 is 5.21. The number of nitrogens with one attached hydrogen (secondary N) is 1. The van der Waals surface area contributed by atoms with E-state index in [4.69, 9.17) is 9.57 Å². The van der Waals surface area contributed by atoms with Gasteiger partial charge >= 0.3 is 0 Å². The molecular formula is C20H21N3O3. The van der Waals surface area contributed by atoms with Crippen LogP contribution < -0.4 is 4.74 Å². The van der Waals surface area contributed by atoms with Gasteiger partial charge in [-0.25, -0.2) is 5.06 Å². The van der Waals surface area contributed by atoms with Gasteiger partial charge in [0.05, 0.1) is 19.9 Å². The fourth-order valence-electron chi connectivity index (χ4n) is 2.74. The quantitative estimate of drug-likeness (QED) is 0.692. The van der Waals surface area contributed by atoms with E-state index in [2.05, 4.69) is 10.2 Å². The topological polar surface area (TPSA) is 67.5 Å². The van der Waals surface area contributed by atoms with Crippen molar-refractivity contribution in [1.82, 2.24) is 15.3 Å².